The van der Waals surface area contributed by atoms with Gasteiger partial charge in [-0.15, -0.1) is 0 Å². The quantitative estimate of drug-likeness (QED) is 0.399. The van der Waals surface area contributed by atoms with Crippen LogP contribution in [0.15, 0.2) is 93.5 Å². The van der Waals surface area contributed by atoms with E-state index in [-0.39, 0.29) is 5.56 Å². The van der Waals surface area contributed by atoms with E-state index < -0.39 is 0 Å². The fourth-order valence-electron chi connectivity index (χ4n) is 4.38. The predicted octanol–water partition coefficient (Wildman–Crippen LogP) is 6.05. The average Bonchev–Trinajstić information content (AvgIpc) is 2.83. The Morgan fingerprint density at radius 1 is 0.903 bits per heavy atom. The number of benzene rings is 3. The zero-order valence-electron chi connectivity index (χ0n) is 17.6. The molecule has 5 rings (SSSR count). The van der Waals surface area contributed by atoms with Gasteiger partial charge in [0.1, 0.15) is 5.75 Å². The zero-order chi connectivity index (χ0) is 21.4. The van der Waals surface area contributed by atoms with Crippen molar-refractivity contribution in [2.45, 2.75) is 17.7 Å². The molecule has 0 saturated carbocycles. The lowest BCUT2D eigenvalue weighted by atomic mass is 9.85. The van der Waals surface area contributed by atoms with Crippen LogP contribution in [-0.4, -0.2) is 11.7 Å². The van der Waals surface area contributed by atoms with E-state index in [0.717, 1.165) is 51.8 Å². The van der Waals surface area contributed by atoms with Gasteiger partial charge in [0.25, 0.3) is 5.56 Å². The fraction of sp³-hybridized carbons (Fsp3) is 0.148. The van der Waals surface area contributed by atoms with Crippen LogP contribution in [0.5, 0.6) is 5.75 Å². The van der Waals surface area contributed by atoms with Crippen molar-refractivity contribution in [1.29, 1.82) is 0 Å². The van der Waals surface area contributed by atoms with E-state index in [4.69, 9.17) is 4.74 Å². The molecule has 0 aliphatic heterocycles. The molecule has 0 amide bonds. The van der Waals surface area contributed by atoms with E-state index >= 15 is 0 Å². The second-order valence-electron chi connectivity index (χ2n) is 7.68. The van der Waals surface area contributed by atoms with Crippen molar-refractivity contribution in [3.8, 4) is 5.75 Å². The number of rotatable bonds is 4. The number of nitrogens with zero attached hydrogens (tertiary/aromatic N) is 1. The third kappa shape index (κ3) is 3.47. The number of fused-ring (bicyclic) bond motifs is 3. The lowest BCUT2D eigenvalue weighted by Crippen LogP contribution is -2.26. The van der Waals surface area contributed by atoms with E-state index in [1.807, 2.05) is 43.4 Å². The standard InChI is InChI=1S/C27H23NO2S/c1-28-23-17-19(30-2)13-14-21(23)22-15-16-24(31-20-11-7-4-8-12-20)25(26(22)27(28)29)18-9-5-3-6-10-18/h3-14,17H,15-16H2,1-2H3. The van der Waals surface area contributed by atoms with Crippen LogP contribution in [0.25, 0.3) is 16.5 Å². The summed E-state index contributed by atoms with van der Waals surface area (Å²) in [5.41, 5.74) is 5.07. The van der Waals surface area contributed by atoms with Crippen molar-refractivity contribution in [3.63, 3.8) is 0 Å². The minimum Gasteiger partial charge on any atom is -0.497 e. The van der Waals surface area contributed by atoms with Crippen LogP contribution >= 0.6 is 11.8 Å². The first-order chi connectivity index (χ1) is 15.2. The number of hydrogen-bond donors (Lipinski definition) is 0. The maximum Gasteiger partial charge on any atom is 0.258 e. The summed E-state index contributed by atoms with van der Waals surface area (Å²) in [5.74, 6) is 0.761. The molecule has 0 spiro atoms. The smallest absolute Gasteiger partial charge is 0.258 e. The Bertz CT molecular complexity index is 1360. The Morgan fingerprint density at radius 2 is 1.61 bits per heavy atom. The highest BCUT2D eigenvalue weighted by atomic mass is 32.2. The summed E-state index contributed by atoms with van der Waals surface area (Å²) < 4.78 is 7.17. The normalized spacial score (nSPS) is 13.4. The van der Waals surface area contributed by atoms with Crippen molar-refractivity contribution < 1.29 is 4.74 Å². The SMILES string of the molecule is COc1ccc2c3c(c(=O)n(C)c2c1)C(c1ccccc1)=C(Sc1ccccc1)CC3. The zero-order valence-corrected chi connectivity index (χ0v) is 18.4. The first-order valence-corrected chi connectivity index (χ1v) is 11.2. The van der Waals surface area contributed by atoms with Crippen LogP contribution in [0.2, 0.25) is 0 Å². The van der Waals surface area contributed by atoms with Crippen molar-refractivity contribution in [2.75, 3.05) is 7.11 Å². The van der Waals surface area contributed by atoms with E-state index in [0.29, 0.717) is 0 Å². The van der Waals surface area contributed by atoms with Crippen LogP contribution in [0.3, 0.4) is 0 Å². The number of hydrogen-bond acceptors (Lipinski definition) is 3. The lowest BCUT2D eigenvalue weighted by molar-refractivity contribution is 0.415. The number of allylic oxidation sites excluding steroid dienone is 1. The third-order valence-corrected chi connectivity index (χ3v) is 7.05. The van der Waals surface area contributed by atoms with Gasteiger partial charge in [0.15, 0.2) is 0 Å². The average molecular weight is 426 g/mol. The molecule has 1 heterocycles. The minimum atomic E-state index is 0.0421. The Balaban J connectivity index is 1.81. The first kappa shape index (κ1) is 19.7. The molecule has 154 valence electrons. The van der Waals surface area contributed by atoms with Crippen LogP contribution in [0.4, 0.5) is 0 Å². The summed E-state index contributed by atoms with van der Waals surface area (Å²) in [6.07, 6.45) is 1.75. The van der Waals surface area contributed by atoms with Crippen molar-refractivity contribution in [2.24, 2.45) is 7.05 Å². The van der Waals surface area contributed by atoms with Gasteiger partial charge in [0, 0.05) is 29.0 Å². The molecule has 1 aliphatic rings. The molecule has 0 saturated heterocycles. The predicted molar refractivity (Wildman–Crippen MR) is 129 cm³/mol. The third-order valence-electron chi connectivity index (χ3n) is 5.89. The Hall–Kier alpha value is -3.24. The van der Waals surface area contributed by atoms with Gasteiger partial charge < -0.3 is 9.30 Å². The number of pyridine rings is 1. The lowest BCUT2D eigenvalue weighted by Gasteiger charge is -2.25. The molecule has 0 bridgehead atoms. The number of thioether (sulfide) groups is 1. The monoisotopic (exact) mass is 425 g/mol. The van der Waals surface area contributed by atoms with E-state index in [1.165, 1.54) is 9.80 Å². The number of methoxy groups -OCH3 is 1. The highest BCUT2D eigenvalue weighted by Crippen LogP contribution is 2.44. The van der Waals surface area contributed by atoms with Crippen LogP contribution in [0, 0.1) is 0 Å². The molecule has 0 unspecified atom stereocenters. The molecule has 0 N–H and O–H groups in total. The van der Waals surface area contributed by atoms with Gasteiger partial charge in [-0.25, -0.2) is 0 Å². The summed E-state index contributed by atoms with van der Waals surface area (Å²) in [6, 6.07) is 26.7. The van der Waals surface area contributed by atoms with E-state index in [9.17, 15) is 4.79 Å². The maximum absolute atomic E-state index is 13.7. The molecule has 3 nitrogen and oxygen atoms in total. The number of ether oxygens (including phenoxy) is 1. The van der Waals surface area contributed by atoms with Gasteiger partial charge in [-0.2, -0.15) is 0 Å². The molecule has 1 aliphatic carbocycles. The molecule has 0 fully saturated rings. The van der Waals surface area contributed by atoms with E-state index in [2.05, 4.69) is 42.5 Å². The van der Waals surface area contributed by atoms with Crippen LogP contribution < -0.4 is 10.3 Å². The Labute approximate surface area is 186 Å². The van der Waals surface area contributed by atoms with Crippen molar-refractivity contribution >= 4 is 28.2 Å². The first-order valence-electron chi connectivity index (χ1n) is 10.4. The summed E-state index contributed by atoms with van der Waals surface area (Å²) in [5, 5.41) is 1.12. The van der Waals surface area contributed by atoms with Gasteiger partial charge in [-0.1, -0.05) is 60.3 Å². The second-order valence-corrected chi connectivity index (χ2v) is 8.85. The number of aryl methyl sites for hydroxylation is 2. The van der Waals surface area contributed by atoms with Gasteiger partial charge >= 0.3 is 0 Å². The van der Waals surface area contributed by atoms with Crippen LogP contribution in [-0.2, 0) is 13.5 Å². The molecule has 4 aromatic rings. The molecule has 4 heteroatoms. The number of aromatic nitrogens is 1. The molecule has 0 radical (unpaired) electrons. The summed E-state index contributed by atoms with van der Waals surface area (Å²) in [7, 11) is 3.51. The molecule has 31 heavy (non-hydrogen) atoms. The van der Waals surface area contributed by atoms with Gasteiger partial charge in [-0.3, -0.25) is 4.79 Å². The Kier molecular flexibility index (Phi) is 5.16. The molecule has 3 aromatic carbocycles. The van der Waals surface area contributed by atoms with Gasteiger partial charge in [0.05, 0.1) is 18.2 Å². The molecule has 1 aromatic heterocycles. The van der Waals surface area contributed by atoms with Crippen molar-refractivity contribution in [3.05, 3.63) is 111 Å². The maximum atomic E-state index is 13.7. The summed E-state index contributed by atoms with van der Waals surface area (Å²) >= 11 is 1.77. The van der Waals surface area contributed by atoms with E-state index in [1.54, 1.807) is 23.4 Å². The van der Waals surface area contributed by atoms with Crippen LogP contribution in [0.1, 0.15) is 23.1 Å². The highest BCUT2D eigenvalue weighted by molar-refractivity contribution is 8.03. The minimum absolute atomic E-state index is 0.0421. The van der Waals surface area contributed by atoms with Gasteiger partial charge in [0.2, 0.25) is 0 Å². The largest absolute Gasteiger partial charge is 0.497 e. The summed E-state index contributed by atoms with van der Waals surface area (Å²) in [4.78, 5) is 16.1. The van der Waals surface area contributed by atoms with Crippen molar-refractivity contribution in [1.82, 2.24) is 4.57 Å². The van der Waals surface area contributed by atoms with Gasteiger partial charge in [-0.05, 0) is 53.1 Å². The summed E-state index contributed by atoms with van der Waals surface area (Å²) in [6.45, 7) is 0. The fourth-order valence-corrected chi connectivity index (χ4v) is 5.48. The molecular weight excluding hydrogens is 402 g/mol. The highest BCUT2D eigenvalue weighted by Gasteiger charge is 2.27. The Morgan fingerprint density at radius 3 is 2.32 bits per heavy atom. The second kappa shape index (κ2) is 8.12. The molecular formula is C27H23NO2S. The molecule has 0 atom stereocenters. The topological polar surface area (TPSA) is 31.2 Å².